The van der Waals surface area contributed by atoms with Crippen molar-refractivity contribution in [2.75, 3.05) is 6.61 Å². The Hall–Kier alpha value is -1.55. The number of nitrogens with one attached hydrogen (secondary N) is 1. The Kier molecular flexibility index (Phi) is 5.01. The summed E-state index contributed by atoms with van der Waals surface area (Å²) in [5.74, 6) is 0.723. The number of fused-ring (bicyclic) bond motifs is 1. The fourth-order valence-electron chi connectivity index (χ4n) is 2.47. The molecule has 2 unspecified atom stereocenters. The second-order valence-electron chi connectivity index (χ2n) is 5.40. The van der Waals surface area contributed by atoms with Crippen LogP contribution in [0.3, 0.4) is 0 Å². The van der Waals surface area contributed by atoms with Gasteiger partial charge >= 0.3 is 0 Å². The molecule has 1 aromatic rings. The lowest BCUT2D eigenvalue weighted by Gasteiger charge is -2.22. The Balaban J connectivity index is 2.10. The molecule has 0 spiro atoms. The lowest BCUT2D eigenvalue weighted by atomic mass is 9.98. The maximum absolute atomic E-state index is 11.8. The van der Waals surface area contributed by atoms with E-state index in [2.05, 4.69) is 12.2 Å². The van der Waals surface area contributed by atoms with E-state index in [1.807, 2.05) is 25.1 Å². The number of unbranched alkanes of at least 4 members (excludes halogenated alkanes) is 1. The maximum atomic E-state index is 11.8. The molecule has 0 aromatic heterocycles. The molecule has 1 aliphatic heterocycles. The van der Waals surface area contributed by atoms with Gasteiger partial charge in [0.25, 0.3) is 0 Å². The number of aryl methyl sites for hydroxylation is 1. The first-order valence-electron chi connectivity index (χ1n) is 7.32. The highest BCUT2D eigenvalue weighted by Crippen LogP contribution is 2.32. The summed E-state index contributed by atoms with van der Waals surface area (Å²) in [5, 5.41) is 13.4. The molecule has 0 radical (unpaired) electrons. The van der Waals surface area contributed by atoms with E-state index in [0.29, 0.717) is 25.2 Å². The van der Waals surface area contributed by atoms with Gasteiger partial charge in [-0.3, -0.25) is 4.79 Å². The van der Waals surface area contributed by atoms with Crippen molar-refractivity contribution in [2.45, 2.75) is 51.7 Å². The molecule has 110 valence electrons. The van der Waals surface area contributed by atoms with Crippen LogP contribution in [0.2, 0.25) is 0 Å². The van der Waals surface area contributed by atoms with Crippen LogP contribution in [-0.4, -0.2) is 23.7 Å². The van der Waals surface area contributed by atoms with Crippen LogP contribution in [0.1, 0.15) is 49.8 Å². The summed E-state index contributed by atoms with van der Waals surface area (Å²) in [6, 6.07) is 5.50. The smallest absolute Gasteiger partial charge is 0.220 e. The number of benzene rings is 1. The van der Waals surface area contributed by atoms with Crippen LogP contribution in [0, 0.1) is 6.92 Å². The van der Waals surface area contributed by atoms with Crippen molar-refractivity contribution < 1.29 is 14.6 Å². The second-order valence-corrected chi connectivity index (χ2v) is 5.40. The average molecular weight is 277 g/mol. The minimum Gasteiger partial charge on any atom is -0.493 e. The van der Waals surface area contributed by atoms with Crippen LogP contribution in [0.5, 0.6) is 5.75 Å². The summed E-state index contributed by atoms with van der Waals surface area (Å²) in [6.45, 7) is 4.54. The summed E-state index contributed by atoms with van der Waals surface area (Å²) in [6.07, 6.45) is 2.29. The summed E-state index contributed by atoms with van der Waals surface area (Å²) in [4.78, 5) is 11.8. The van der Waals surface area contributed by atoms with Crippen LogP contribution < -0.4 is 10.1 Å². The average Bonchev–Trinajstić information content (AvgIpc) is 2.58. The SMILES string of the molecule is CCCCC(=O)NC1CCOc2ccc(C)cc2C1O. The van der Waals surface area contributed by atoms with Gasteiger partial charge in [0.15, 0.2) is 0 Å². The molecule has 0 fully saturated rings. The molecule has 1 heterocycles. The molecule has 0 saturated heterocycles. The Labute approximate surface area is 120 Å². The van der Waals surface area contributed by atoms with Crippen molar-refractivity contribution in [3.63, 3.8) is 0 Å². The molecule has 2 N–H and O–H groups in total. The van der Waals surface area contributed by atoms with Crippen LogP contribution >= 0.6 is 0 Å². The zero-order chi connectivity index (χ0) is 14.5. The zero-order valence-corrected chi connectivity index (χ0v) is 12.2. The number of aliphatic hydroxyl groups is 1. The molecule has 20 heavy (non-hydrogen) atoms. The van der Waals surface area contributed by atoms with Crippen molar-refractivity contribution in [3.8, 4) is 5.75 Å². The van der Waals surface area contributed by atoms with E-state index < -0.39 is 6.10 Å². The van der Waals surface area contributed by atoms with E-state index in [1.54, 1.807) is 0 Å². The van der Waals surface area contributed by atoms with Crippen molar-refractivity contribution >= 4 is 5.91 Å². The van der Waals surface area contributed by atoms with Gasteiger partial charge in [-0.05, 0) is 25.5 Å². The number of amides is 1. The highest BCUT2D eigenvalue weighted by Gasteiger charge is 2.28. The van der Waals surface area contributed by atoms with E-state index in [-0.39, 0.29) is 11.9 Å². The predicted octanol–water partition coefficient (Wildman–Crippen LogP) is 2.49. The molecule has 1 aromatic carbocycles. The largest absolute Gasteiger partial charge is 0.493 e. The van der Waals surface area contributed by atoms with Gasteiger partial charge in [-0.15, -0.1) is 0 Å². The Morgan fingerprint density at radius 2 is 2.30 bits per heavy atom. The monoisotopic (exact) mass is 277 g/mol. The number of hydrogen-bond donors (Lipinski definition) is 2. The van der Waals surface area contributed by atoms with Gasteiger partial charge in [0.2, 0.25) is 5.91 Å². The van der Waals surface area contributed by atoms with Gasteiger partial charge in [-0.1, -0.05) is 25.0 Å². The van der Waals surface area contributed by atoms with Gasteiger partial charge in [0.1, 0.15) is 11.9 Å². The Morgan fingerprint density at radius 3 is 3.05 bits per heavy atom. The summed E-state index contributed by atoms with van der Waals surface area (Å²) >= 11 is 0. The molecule has 2 atom stereocenters. The molecule has 1 aliphatic rings. The van der Waals surface area contributed by atoms with E-state index >= 15 is 0 Å². The van der Waals surface area contributed by atoms with Crippen molar-refractivity contribution in [1.29, 1.82) is 0 Å². The first kappa shape index (κ1) is 14.9. The fourth-order valence-corrected chi connectivity index (χ4v) is 2.47. The van der Waals surface area contributed by atoms with E-state index in [9.17, 15) is 9.90 Å². The number of ether oxygens (including phenoxy) is 1. The minimum absolute atomic E-state index is 0.00648. The quantitative estimate of drug-likeness (QED) is 0.889. The molecule has 1 amide bonds. The van der Waals surface area contributed by atoms with E-state index in [0.717, 1.165) is 24.0 Å². The summed E-state index contributed by atoms with van der Waals surface area (Å²) < 4.78 is 5.66. The van der Waals surface area contributed by atoms with Crippen LogP contribution in [0.4, 0.5) is 0 Å². The lowest BCUT2D eigenvalue weighted by Crippen LogP contribution is -2.39. The molecule has 4 nitrogen and oxygen atoms in total. The lowest BCUT2D eigenvalue weighted by molar-refractivity contribution is -0.122. The number of aliphatic hydroxyl groups excluding tert-OH is 1. The predicted molar refractivity (Wildman–Crippen MR) is 77.7 cm³/mol. The molecular weight excluding hydrogens is 254 g/mol. The van der Waals surface area contributed by atoms with Crippen LogP contribution in [0.15, 0.2) is 18.2 Å². The number of carbonyl (C=O) groups excluding carboxylic acids is 1. The molecule has 0 aliphatic carbocycles. The third kappa shape index (κ3) is 3.51. The minimum atomic E-state index is -0.710. The topological polar surface area (TPSA) is 58.6 Å². The van der Waals surface area contributed by atoms with Crippen molar-refractivity contribution in [3.05, 3.63) is 29.3 Å². The molecule has 0 saturated carbocycles. The molecule has 2 rings (SSSR count). The zero-order valence-electron chi connectivity index (χ0n) is 12.2. The standard InChI is InChI=1S/C16H23NO3/c1-3-4-5-15(18)17-13-8-9-20-14-7-6-11(2)10-12(14)16(13)19/h6-7,10,13,16,19H,3-5,8-9H2,1-2H3,(H,17,18). The van der Waals surface area contributed by atoms with Gasteiger partial charge < -0.3 is 15.2 Å². The molecule has 0 bridgehead atoms. The normalized spacial score (nSPS) is 21.6. The van der Waals surface area contributed by atoms with Gasteiger partial charge in [0.05, 0.1) is 12.6 Å². The summed E-state index contributed by atoms with van der Waals surface area (Å²) in [7, 11) is 0. The van der Waals surface area contributed by atoms with Gasteiger partial charge in [-0.2, -0.15) is 0 Å². The molecule has 4 heteroatoms. The maximum Gasteiger partial charge on any atom is 0.220 e. The highest BCUT2D eigenvalue weighted by atomic mass is 16.5. The Morgan fingerprint density at radius 1 is 1.50 bits per heavy atom. The van der Waals surface area contributed by atoms with Crippen molar-refractivity contribution in [1.82, 2.24) is 5.32 Å². The van der Waals surface area contributed by atoms with E-state index in [4.69, 9.17) is 4.74 Å². The van der Waals surface area contributed by atoms with Crippen LogP contribution in [-0.2, 0) is 4.79 Å². The van der Waals surface area contributed by atoms with Crippen LogP contribution in [0.25, 0.3) is 0 Å². The molecular formula is C16H23NO3. The summed E-state index contributed by atoms with van der Waals surface area (Å²) in [5.41, 5.74) is 1.84. The van der Waals surface area contributed by atoms with Crippen molar-refractivity contribution in [2.24, 2.45) is 0 Å². The third-order valence-corrected chi connectivity index (χ3v) is 3.66. The number of hydrogen-bond acceptors (Lipinski definition) is 3. The number of carbonyl (C=O) groups is 1. The fraction of sp³-hybridized carbons (Fsp3) is 0.562. The Bertz CT molecular complexity index is 473. The number of rotatable bonds is 4. The van der Waals surface area contributed by atoms with E-state index in [1.165, 1.54) is 0 Å². The van der Waals surface area contributed by atoms with Gasteiger partial charge in [0, 0.05) is 18.4 Å². The highest BCUT2D eigenvalue weighted by molar-refractivity contribution is 5.76. The first-order chi connectivity index (χ1) is 9.61. The third-order valence-electron chi connectivity index (χ3n) is 3.66. The first-order valence-corrected chi connectivity index (χ1v) is 7.32. The second kappa shape index (κ2) is 6.75. The van der Waals surface area contributed by atoms with Gasteiger partial charge in [-0.25, -0.2) is 0 Å².